The number of nitrogens with zero attached hydrogens (tertiary/aromatic N) is 2. The van der Waals surface area contributed by atoms with Crippen LogP contribution in [0.5, 0.6) is 0 Å². The van der Waals surface area contributed by atoms with Crippen LogP contribution >= 0.6 is 0 Å². The van der Waals surface area contributed by atoms with Crippen molar-refractivity contribution < 1.29 is 24.0 Å². The molecule has 0 saturated carbocycles. The van der Waals surface area contributed by atoms with Crippen molar-refractivity contribution >= 4 is 29.7 Å². The van der Waals surface area contributed by atoms with E-state index in [1.165, 1.54) is 24.2 Å². The van der Waals surface area contributed by atoms with Crippen molar-refractivity contribution in [2.75, 3.05) is 26.2 Å². The number of piperazine rings is 1. The fraction of sp³-hybridized carbons (Fsp3) is 0.542. The zero-order valence-electron chi connectivity index (χ0n) is 19.5. The Hall–Kier alpha value is -3.43. The van der Waals surface area contributed by atoms with E-state index < -0.39 is 35.8 Å². The molecule has 1 aromatic carbocycles. The van der Waals surface area contributed by atoms with Gasteiger partial charge in [0.15, 0.2) is 0 Å². The number of carbonyl (C=O) groups excluding carboxylic acids is 5. The van der Waals surface area contributed by atoms with Crippen molar-refractivity contribution in [1.82, 2.24) is 25.8 Å². The zero-order chi connectivity index (χ0) is 24.5. The number of rotatable bonds is 11. The highest BCUT2D eigenvalue weighted by molar-refractivity contribution is 6.38. The normalized spacial score (nSPS) is 18.7. The van der Waals surface area contributed by atoms with E-state index >= 15 is 0 Å². The Morgan fingerprint density at radius 2 is 1.71 bits per heavy atom. The van der Waals surface area contributed by atoms with Gasteiger partial charge in [-0.1, -0.05) is 69.4 Å². The topological polar surface area (TPSA) is 128 Å². The van der Waals surface area contributed by atoms with Gasteiger partial charge in [0, 0.05) is 26.2 Å². The van der Waals surface area contributed by atoms with Gasteiger partial charge in [-0.2, -0.15) is 0 Å². The molecule has 10 nitrogen and oxygen atoms in total. The van der Waals surface area contributed by atoms with E-state index in [2.05, 4.69) is 22.9 Å². The Morgan fingerprint density at radius 1 is 1.00 bits per heavy atom. The van der Waals surface area contributed by atoms with Crippen LogP contribution in [0.25, 0.3) is 0 Å². The molecule has 10 heteroatoms. The predicted octanol–water partition coefficient (Wildman–Crippen LogP) is 1.08. The highest BCUT2D eigenvalue weighted by atomic mass is 16.2. The Bertz CT molecular complexity index is 906. The number of imide groups is 1. The van der Waals surface area contributed by atoms with E-state index in [9.17, 15) is 24.0 Å². The molecular formula is C24H33N5O5. The third-order valence-electron chi connectivity index (χ3n) is 6.11. The Morgan fingerprint density at radius 3 is 2.35 bits per heavy atom. The van der Waals surface area contributed by atoms with Gasteiger partial charge in [0.2, 0.25) is 11.8 Å². The second-order valence-electron chi connectivity index (χ2n) is 8.62. The van der Waals surface area contributed by atoms with Gasteiger partial charge in [-0.3, -0.25) is 24.1 Å². The van der Waals surface area contributed by atoms with Crippen LogP contribution in [-0.4, -0.2) is 71.7 Å². The average molecular weight is 472 g/mol. The molecule has 0 aliphatic carbocycles. The molecule has 0 radical (unpaired) electrons. The lowest BCUT2D eigenvalue weighted by Gasteiger charge is -2.34. The van der Waals surface area contributed by atoms with Gasteiger partial charge < -0.3 is 20.9 Å². The number of carbonyl (C=O) groups is 5. The molecule has 2 atom stereocenters. The summed E-state index contributed by atoms with van der Waals surface area (Å²) in [5.41, 5.74) is 0.494. The molecule has 0 spiro atoms. The minimum Gasteiger partial charge on any atom is -0.352 e. The van der Waals surface area contributed by atoms with Crippen LogP contribution in [0, 0.1) is 0 Å². The van der Waals surface area contributed by atoms with E-state index in [-0.39, 0.29) is 19.0 Å². The molecule has 2 heterocycles. The minimum absolute atomic E-state index is 0.0560. The summed E-state index contributed by atoms with van der Waals surface area (Å²) >= 11 is 0. The Labute approximate surface area is 199 Å². The standard InChI is InChI=1S/C24H33N5O5/c1-2-3-4-5-6-10-13-28-14-15-29(23(33)22(28)32)24(34)27-19(17-11-8-7-9-12-17)21(31)26-18-16-25-20(18)30/h7-9,11-12,18-19H,2-6,10,13-16H2,1H3,(H,25,30)(H,26,31)(H,27,34). The van der Waals surface area contributed by atoms with Crippen LogP contribution in [-0.2, 0) is 19.2 Å². The highest BCUT2D eigenvalue weighted by Gasteiger charge is 2.38. The molecule has 0 bridgehead atoms. The Kier molecular flexibility index (Phi) is 9.00. The number of hydrogen-bond donors (Lipinski definition) is 3. The molecular weight excluding hydrogens is 438 g/mol. The zero-order valence-corrected chi connectivity index (χ0v) is 19.5. The second-order valence-corrected chi connectivity index (χ2v) is 8.62. The smallest absolute Gasteiger partial charge is 0.325 e. The van der Waals surface area contributed by atoms with Gasteiger partial charge in [0.1, 0.15) is 12.1 Å². The number of benzene rings is 1. The summed E-state index contributed by atoms with van der Waals surface area (Å²) in [4.78, 5) is 64.8. The molecule has 34 heavy (non-hydrogen) atoms. The van der Waals surface area contributed by atoms with E-state index in [0.29, 0.717) is 18.7 Å². The summed E-state index contributed by atoms with van der Waals surface area (Å²) in [6.07, 6.45) is 6.44. The van der Waals surface area contributed by atoms with Crippen molar-refractivity contribution in [2.24, 2.45) is 0 Å². The quantitative estimate of drug-likeness (QED) is 0.253. The van der Waals surface area contributed by atoms with Gasteiger partial charge in [-0.15, -0.1) is 0 Å². The average Bonchev–Trinajstić information content (AvgIpc) is 2.84. The van der Waals surface area contributed by atoms with Crippen LogP contribution < -0.4 is 16.0 Å². The lowest BCUT2D eigenvalue weighted by Crippen LogP contribution is -2.63. The molecule has 2 fully saturated rings. The molecule has 184 valence electrons. The summed E-state index contributed by atoms with van der Waals surface area (Å²) in [6.45, 7) is 3.28. The maximum absolute atomic E-state index is 12.9. The van der Waals surface area contributed by atoms with Crippen LogP contribution in [0.15, 0.2) is 30.3 Å². The predicted molar refractivity (Wildman–Crippen MR) is 124 cm³/mol. The molecule has 2 aliphatic rings. The number of amides is 6. The number of hydrogen-bond acceptors (Lipinski definition) is 5. The van der Waals surface area contributed by atoms with Gasteiger partial charge in [0.05, 0.1) is 0 Å². The van der Waals surface area contributed by atoms with Gasteiger partial charge in [0.25, 0.3) is 0 Å². The minimum atomic E-state index is -1.12. The van der Waals surface area contributed by atoms with Gasteiger partial charge in [-0.05, 0) is 12.0 Å². The maximum atomic E-state index is 12.9. The fourth-order valence-electron chi connectivity index (χ4n) is 3.97. The number of unbranched alkanes of at least 4 members (excludes halogenated alkanes) is 5. The maximum Gasteiger partial charge on any atom is 0.325 e. The first-order chi connectivity index (χ1) is 16.4. The summed E-state index contributed by atoms with van der Waals surface area (Å²) in [6, 6.07) is 5.93. The van der Waals surface area contributed by atoms with Crippen molar-refractivity contribution in [3.63, 3.8) is 0 Å². The van der Waals surface area contributed by atoms with Crippen molar-refractivity contribution in [1.29, 1.82) is 0 Å². The summed E-state index contributed by atoms with van der Waals surface area (Å²) in [5.74, 6) is -2.48. The second kappa shape index (κ2) is 12.2. The molecule has 2 aliphatic heterocycles. The lowest BCUT2D eigenvalue weighted by atomic mass is 10.0. The third-order valence-corrected chi connectivity index (χ3v) is 6.11. The largest absolute Gasteiger partial charge is 0.352 e. The Balaban J connectivity index is 1.57. The third kappa shape index (κ3) is 6.33. The first kappa shape index (κ1) is 25.2. The van der Waals surface area contributed by atoms with Crippen LogP contribution in [0.4, 0.5) is 4.79 Å². The molecule has 1 aromatic rings. The van der Waals surface area contributed by atoms with E-state index in [1.54, 1.807) is 30.3 Å². The van der Waals surface area contributed by atoms with Crippen molar-refractivity contribution in [2.45, 2.75) is 57.5 Å². The molecule has 0 aromatic heterocycles. The summed E-state index contributed by atoms with van der Waals surface area (Å²) in [7, 11) is 0. The van der Waals surface area contributed by atoms with Crippen LogP contribution in [0.3, 0.4) is 0 Å². The monoisotopic (exact) mass is 471 g/mol. The number of nitrogens with one attached hydrogen (secondary N) is 3. The van der Waals surface area contributed by atoms with E-state index in [4.69, 9.17) is 0 Å². The van der Waals surface area contributed by atoms with E-state index in [1.807, 2.05) is 0 Å². The SMILES string of the molecule is CCCCCCCCN1CCN(C(=O)NC(C(=O)NC2CNC2=O)c2ccccc2)C(=O)C1=O. The van der Waals surface area contributed by atoms with Crippen LogP contribution in [0.1, 0.15) is 57.1 Å². The molecule has 2 unspecified atom stereocenters. The number of urea groups is 1. The summed E-state index contributed by atoms with van der Waals surface area (Å²) < 4.78 is 0. The van der Waals surface area contributed by atoms with Gasteiger partial charge in [-0.25, -0.2) is 4.79 Å². The first-order valence-corrected chi connectivity index (χ1v) is 12.0. The van der Waals surface area contributed by atoms with Crippen LogP contribution in [0.2, 0.25) is 0 Å². The molecule has 6 amide bonds. The van der Waals surface area contributed by atoms with Crippen molar-refractivity contribution in [3.8, 4) is 0 Å². The lowest BCUT2D eigenvalue weighted by molar-refractivity contribution is -0.153. The molecule has 3 N–H and O–H groups in total. The highest BCUT2D eigenvalue weighted by Crippen LogP contribution is 2.16. The molecule has 3 rings (SSSR count). The first-order valence-electron chi connectivity index (χ1n) is 12.0. The van der Waals surface area contributed by atoms with E-state index in [0.717, 1.165) is 24.2 Å². The number of β-lactam (4-membered cyclic amide) rings is 1. The fourth-order valence-corrected chi connectivity index (χ4v) is 3.97. The molecule has 2 saturated heterocycles. The summed E-state index contributed by atoms with van der Waals surface area (Å²) in [5, 5.41) is 7.70. The van der Waals surface area contributed by atoms with Gasteiger partial charge >= 0.3 is 17.8 Å². The van der Waals surface area contributed by atoms with Crippen molar-refractivity contribution in [3.05, 3.63) is 35.9 Å².